The van der Waals surface area contributed by atoms with Crippen LogP contribution in [-0.4, -0.2) is 50.8 Å². The fourth-order valence-corrected chi connectivity index (χ4v) is 3.52. The number of carbonyl (C=O) groups excluding carboxylic acids is 2. The van der Waals surface area contributed by atoms with E-state index in [9.17, 15) is 14.4 Å². The van der Waals surface area contributed by atoms with Crippen molar-refractivity contribution in [3.05, 3.63) is 69.1 Å². The van der Waals surface area contributed by atoms with Crippen molar-refractivity contribution in [2.24, 2.45) is 7.05 Å². The summed E-state index contributed by atoms with van der Waals surface area (Å²) >= 11 is 5.90. The molecule has 144 valence electrons. The lowest BCUT2D eigenvalue weighted by Crippen LogP contribution is -2.51. The Kier molecular flexibility index (Phi) is 4.68. The number of piperazine rings is 1. The number of fused-ring (bicyclic) bond motifs is 1. The standard InChI is InChI=1S/C20H19ClN4O3/c1-23-17-10-14(4-7-16(17)22-20(23)28)19(27)25-9-8-24(18(26)12-25)11-13-2-5-15(21)6-3-13/h2-7,10H,8-9,11-12H2,1H3,(H,22,28). The molecule has 4 rings (SSSR count). The summed E-state index contributed by atoms with van der Waals surface area (Å²) in [5, 5.41) is 0.655. The van der Waals surface area contributed by atoms with Crippen molar-refractivity contribution in [1.29, 1.82) is 0 Å². The van der Waals surface area contributed by atoms with Crippen LogP contribution in [0.3, 0.4) is 0 Å². The number of rotatable bonds is 3. The van der Waals surface area contributed by atoms with E-state index in [4.69, 9.17) is 11.6 Å². The second kappa shape index (κ2) is 7.16. The minimum atomic E-state index is -0.231. The Morgan fingerprint density at radius 2 is 1.86 bits per heavy atom. The lowest BCUT2D eigenvalue weighted by molar-refractivity contribution is -0.135. The van der Waals surface area contributed by atoms with Gasteiger partial charge in [-0.1, -0.05) is 23.7 Å². The first-order valence-electron chi connectivity index (χ1n) is 8.92. The summed E-state index contributed by atoms with van der Waals surface area (Å²) < 4.78 is 1.46. The predicted molar refractivity (Wildman–Crippen MR) is 106 cm³/mol. The van der Waals surface area contributed by atoms with Crippen LogP contribution in [0.5, 0.6) is 0 Å². The molecule has 0 spiro atoms. The number of aromatic amines is 1. The number of benzene rings is 2. The molecule has 28 heavy (non-hydrogen) atoms. The third-order valence-corrected chi connectivity index (χ3v) is 5.30. The second-order valence-corrected chi connectivity index (χ2v) is 7.33. The zero-order valence-electron chi connectivity index (χ0n) is 15.3. The average Bonchev–Trinajstić information content (AvgIpc) is 2.98. The van der Waals surface area contributed by atoms with Crippen molar-refractivity contribution in [3.8, 4) is 0 Å². The number of imidazole rings is 1. The molecular weight excluding hydrogens is 380 g/mol. The maximum absolute atomic E-state index is 12.9. The number of nitrogens with one attached hydrogen (secondary N) is 1. The normalized spacial score (nSPS) is 14.7. The SMILES string of the molecule is Cn1c(=O)[nH]c2ccc(C(=O)N3CCN(Cc4ccc(Cl)cc4)C(=O)C3)cc21. The van der Waals surface area contributed by atoms with Crippen molar-refractivity contribution in [2.75, 3.05) is 19.6 Å². The molecule has 2 aromatic carbocycles. The molecule has 7 nitrogen and oxygen atoms in total. The summed E-state index contributed by atoms with van der Waals surface area (Å²) in [5.41, 5.74) is 2.56. The summed E-state index contributed by atoms with van der Waals surface area (Å²) in [6, 6.07) is 12.4. The van der Waals surface area contributed by atoms with Gasteiger partial charge in [0.2, 0.25) is 5.91 Å². The van der Waals surface area contributed by atoms with Crippen LogP contribution in [0.4, 0.5) is 0 Å². The lowest BCUT2D eigenvalue weighted by atomic mass is 10.1. The lowest BCUT2D eigenvalue weighted by Gasteiger charge is -2.34. The summed E-state index contributed by atoms with van der Waals surface area (Å²) in [4.78, 5) is 43.1. The van der Waals surface area contributed by atoms with Crippen LogP contribution in [-0.2, 0) is 18.4 Å². The number of H-pyrrole nitrogens is 1. The summed E-state index contributed by atoms with van der Waals surface area (Å²) in [5.74, 6) is -0.306. The molecule has 1 saturated heterocycles. The van der Waals surface area contributed by atoms with E-state index < -0.39 is 0 Å². The molecule has 0 radical (unpaired) electrons. The van der Waals surface area contributed by atoms with Crippen LogP contribution in [0, 0.1) is 0 Å². The van der Waals surface area contributed by atoms with Crippen molar-refractivity contribution in [1.82, 2.24) is 19.4 Å². The number of hydrogen-bond donors (Lipinski definition) is 1. The van der Waals surface area contributed by atoms with Gasteiger partial charge in [0.15, 0.2) is 0 Å². The second-order valence-electron chi connectivity index (χ2n) is 6.89. The highest BCUT2D eigenvalue weighted by Gasteiger charge is 2.28. The van der Waals surface area contributed by atoms with Gasteiger partial charge < -0.3 is 14.8 Å². The van der Waals surface area contributed by atoms with Gasteiger partial charge in [0, 0.05) is 37.3 Å². The average molecular weight is 399 g/mol. The number of hydrogen-bond acceptors (Lipinski definition) is 3. The zero-order chi connectivity index (χ0) is 19.8. The Hall–Kier alpha value is -3.06. The zero-order valence-corrected chi connectivity index (χ0v) is 16.1. The molecular formula is C20H19ClN4O3. The summed E-state index contributed by atoms with van der Waals surface area (Å²) in [6.07, 6.45) is 0. The molecule has 1 aliphatic rings. The first-order chi connectivity index (χ1) is 13.4. The molecule has 0 unspecified atom stereocenters. The predicted octanol–water partition coefficient (Wildman–Crippen LogP) is 2.00. The molecule has 1 aliphatic heterocycles. The van der Waals surface area contributed by atoms with Gasteiger partial charge in [0.05, 0.1) is 11.0 Å². The van der Waals surface area contributed by atoms with E-state index in [1.807, 2.05) is 12.1 Å². The van der Waals surface area contributed by atoms with Crippen molar-refractivity contribution in [2.45, 2.75) is 6.54 Å². The molecule has 1 fully saturated rings. The Bertz CT molecular complexity index is 1120. The molecule has 1 aromatic heterocycles. The van der Waals surface area contributed by atoms with Gasteiger partial charge in [-0.3, -0.25) is 14.2 Å². The number of amides is 2. The monoisotopic (exact) mass is 398 g/mol. The van der Waals surface area contributed by atoms with E-state index in [0.29, 0.717) is 41.3 Å². The number of carbonyl (C=O) groups is 2. The number of aryl methyl sites for hydroxylation is 1. The number of halogens is 1. The van der Waals surface area contributed by atoms with E-state index in [-0.39, 0.29) is 24.0 Å². The molecule has 0 atom stereocenters. The van der Waals surface area contributed by atoms with Crippen molar-refractivity contribution < 1.29 is 9.59 Å². The van der Waals surface area contributed by atoms with Gasteiger partial charge in [0.25, 0.3) is 5.91 Å². The Morgan fingerprint density at radius 3 is 2.57 bits per heavy atom. The largest absolute Gasteiger partial charge is 0.335 e. The first kappa shape index (κ1) is 18.3. The maximum Gasteiger partial charge on any atom is 0.326 e. The van der Waals surface area contributed by atoms with E-state index in [2.05, 4.69) is 4.98 Å². The molecule has 0 aliphatic carbocycles. The van der Waals surface area contributed by atoms with Crippen LogP contribution >= 0.6 is 11.6 Å². The summed E-state index contributed by atoms with van der Waals surface area (Å²) in [7, 11) is 1.65. The molecule has 2 heterocycles. The third kappa shape index (κ3) is 3.41. The molecule has 8 heteroatoms. The Morgan fingerprint density at radius 1 is 1.11 bits per heavy atom. The Labute approximate surface area is 166 Å². The van der Waals surface area contributed by atoms with E-state index in [0.717, 1.165) is 5.56 Å². The molecule has 0 bridgehead atoms. The van der Waals surface area contributed by atoms with Crippen LogP contribution in [0.2, 0.25) is 5.02 Å². The highest BCUT2D eigenvalue weighted by atomic mass is 35.5. The highest BCUT2D eigenvalue weighted by Crippen LogP contribution is 2.17. The fraction of sp³-hybridized carbons (Fsp3) is 0.250. The molecule has 3 aromatic rings. The quantitative estimate of drug-likeness (QED) is 0.733. The summed E-state index contributed by atoms with van der Waals surface area (Å²) in [6.45, 7) is 1.46. The minimum Gasteiger partial charge on any atom is -0.335 e. The number of aromatic nitrogens is 2. The Balaban J connectivity index is 1.47. The van der Waals surface area contributed by atoms with Gasteiger partial charge in [-0.15, -0.1) is 0 Å². The van der Waals surface area contributed by atoms with Gasteiger partial charge in [0.1, 0.15) is 6.54 Å². The minimum absolute atomic E-state index is 0.0382. The number of nitrogens with zero attached hydrogens (tertiary/aromatic N) is 3. The van der Waals surface area contributed by atoms with Gasteiger partial charge in [-0.2, -0.15) is 0 Å². The van der Waals surface area contributed by atoms with Crippen LogP contribution in [0.1, 0.15) is 15.9 Å². The maximum atomic E-state index is 12.9. The van der Waals surface area contributed by atoms with Crippen LogP contribution in [0.15, 0.2) is 47.3 Å². The molecule has 1 N–H and O–H groups in total. The molecule has 0 saturated carbocycles. The van der Waals surface area contributed by atoms with Gasteiger partial charge in [-0.05, 0) is 35.9 Å². The van der Waals surface area contributed by atoms with Gasteiger partial charge in [-0.25, -0.2) is 4.79 Å². The van der Waals surface area contributed by atoms with Crippen LogP contribution in [0.25, 0.3) is 11.0 Å². The van der Waals surface area contributed by atoms with Crippen molar-refractivity contribution in [3.63, 3.8) is 0 Å². The third-order valence-electron chi connectivity index (χ3n) is 5.04. The topological polar surface area (TPSA) is 78.4 Å². The smallest absolute Gasteiger partial charge is 0.326 e. The van der Waals surface area contributed by atoms with Gasteiger partial charge >= 0.3 is 5.69 Å². The van der Waals surface area contributed by atoms with E-state index in [1.165, 1.54) is 4.57 Å². The fourth-order valence-electron chi connectivity index (χ4n) is 3.40. The van der Waals surface area contributed by atoms with Crippen molar-refractivity contribution >= 4 is 34.4 Å². The highest BCUT2D eigenvalue weighted by molar-refractivity contribution is 6.30. The van der Waals surface area contributed by atoms with E-state index in [1.54, 1.807) is 47.2 Å². The van der Waals surface area contributed by atoms with E-state index >= 15 is 0 Å². The first-order valence-corrected chi connectivity index (χ1v) is 9.30. The van der Waals surface area contributed by atoms with Crippen LogP contribution < -0.4 is 5.69 Å². The molecule has 2 amide bonds.